The highest BCUT2D eigenvalue weighted by molar-refractivity contribution is 7.71. The highest BCUT2D eigenvalue weighted by atomic mass is 32.1. The minimum atomic E-state index is 0.529. The van der Waals surface area contributed by atoms with Gasteiger partial charge in [-0.15, -0.1) is 16.4 Å². The molecule has 0 radical (unpaired) electrons. The van der Waals surface area contributed by atoms with Gasteiger partial charge in [-0.3, -0.25) is 5.10 Å². The summed E-state index contributed by atoms with van der Waals surface area (Å²) in [5, 5.41) is 11.4. The minimum Gasteiger partial charge on any atom is -0.258 e. The number of hydrogen-bond acceptors (Lipinski definition) is 5. The Bertz CT molecular complexity index is 669. The van der Waals surface area contributed by atoms with Crippen molar-refractivity contribution in [3.05, 3.63) is 23.0 Å². The fourth-order valence-corrected chi connectivity index (χ4v) is 2.60. The van der Waals surface area contributed by atoms with E-state index >= 15 is 0 Å². The first kappa shape index (κ1) is 7.95. The first-order valence-electron chi connectivity index (χ1n) is 3.95. The van der Waals surface area contributed by atoms with Crippen LogP contribution < -0.4 is 0 Å². The molecule has 0 saturated carbocycles. The number of aromatic amines is 1. The molecule has 0 aliphatic heterocycles. The molecule has 1 N–H and O–H groups in total. The molecule has 6 heteroatoms. The maximum absolute atomic E-state index is 5.08. The van der Waals surface area contributed by atoms with E-state index in [2.05, 4.69) is 20.4 Å². The number of H-pyrrole nitrogens is 1. The Morgan fingerprint density at radius 1 is 1.43 bits per heavy atom. The maximum atomic E-state index is 5.08. The molecule has 0 aromatic carbocycles. The molecule has 0 spiro atoms. The van der Waals surface area contributed by atoms with E-state index in [1.807, 2.05) is 12.1 Å². The van der Waals surface area contributed by atoms with Gasteiger partial charge in [0, 0.05) is 11.6 Å². The van der Waals surface area contributed by atoms with Crippen molar-refractivity contribution in [1.29, 1.82) is 0 Å². The largest absolute Gasteiger partial charge is 0.258 e. The van der Waals surface area contributed by atoms with Crippen LogP contribution in [-0.2, 0) is 0 Å². The third-order valence-corrected chi connectivity index (χ3v) is 3.50. The normalized spacial score (nSPS) is 11.1. The number of nitrogens with one attached hydrogen (secondary N) is 1. The number of thiophene rings is 1. The summed E-state index contributed by atoms with van der Waals surface area (Å²) in [5.41, 5.74) is 0.929. The molecule has 0 fully saturated rings. The van der Waals surface area contributed by atoms with Crippen molar-refractivity contribution < 1.29 is 0 Å². The summed E-state index contributed by atoms with van der Waals surface area (Å²) in [6.07, 6.45) is 1.77. The predicted octanol–water partition coefficient (Wildman–Crippen LogP) is 2.30. The van der Waals surface area contributed by atoms with Gasteiger partial charge in [0.1, 0.15) is 4.83 Å². The topological polar surface area (TPSA) is 54.5 Å². The van der Waals surface area contributed by atoms with Crippen LogP contribution >= 0.6 is 23.6 Å². The maximum Gasteiger partial charge on any atom is 0.169 e. The first-order valence-corrected chi connectivity index (χ1v) is 5.17. The Labute approximate surface area is 87.6 Å². The standard InChI is InChI=1S/C8H4N4S2/c13-7-6-5(10-12-11-7)4-2-1-3-9-8(4)14-6/h1-3H,(H,10,11,13). The number of aromatic nitrogens is 4. The minimum absolute atomic E-state index is 0.529. The second kappa shape index (κ2) is 2.79. The summed E-state index contributed by atoms with van der Waals surface area (Å²) in [6, 6.07) is 3.89. The number of rotatable bonds is 0. The van der Waals surface area contributed by atoms with Crippen LogP contribution in [0.5, 0.6) is 0 Å². The van der Waals surface area contributed by atoms with Crippen molar-refractivity contribution in [3.63, 3.8) is 0 Å². The lowest BCUT2D eigenvalue weighted by atomic mass is 10.3. The molecule has 3 aromatic rings. The molecule has 0 aliphatic carbocycles. The highest BCUT2D eigenvalue weighted by Crippen LogP contribution is 2.29. The molecule has 3 rings (SSSR count). The fourth-order valence-electron chi connectivity index (χ4n) is 1.36. The summed E-state index contributed by atoms with van der Waals surface area (Å²) >= 11 is 6.62. The fraction of sp³-hybridized carbons (Fsp3) is 0. The van der Waals surface area contributed by atoms with Crippen LogP contribution in [0.2, 0.25) is 0 Å². The lowest BCUT2D eigenvalue weighted by Gasteiger charge is -1.87. The zero-order valence-electron chi connectivity index (χ0n) is 6.89. The van der Waals surface area contributed by atoms with Crippen molar-refractivity contribution >= 4 is 44.0 Å². The van der Waals surface area contributed by atoms with Crippen molar-refractivity contribution in [1.82, 2.24) is 20.4 Å². The van der Waals surface area contributed by atoms with Gasteiger partial charge in [-0.25, -0.2) is 4.98 Å². The smallest absolute Gasteiger partial charge is 0.169 e. The van der Waals surface area contributed by atoms with E-state index in [0.717, 1.165) is 20.4 Å². The SMILES string of the molecule is S=c1nn[nH]c2c1sc1ncccc12. The lowest BCUT2D eigenvalue weighted by molar-refractivity contribution is 0.891. The number of hydrogen-bond donors (Lipinski definition) is 1. The van der Waals surface area contributed by atoms with Gasteiger partial charge in [0.25, 0.3) is 0 Å². The lowest BCUT2D eigenvalue weighted by Crippen LogP contribution is -1.85. The molecular formula is C8H4N4S2. The quantitative estimate of drug-likeness (QED) is 0.591. The van der Waals surface area contributed by atoms with Gasteiger partial charge in [-0.1, -0.05) is 17.4 Å². The molecular weight excluding hydrogens is 216 g/mol. The Morgan fingerprint density at radius 3 is 3.29 bits per heavy atom. The van der Waals surface area contributed by atoms with Gasteiger partial charge in [0.05, 0.1) is 10.2 Å². The van der Waals surface area contributed by atoms with E-state index in [-0.39, 0.29) is 0 Å². The molecule has 3 heterocycles. The Kier molecular flexibility index (Phi) is 1.59. The van der Waals surface area contributed by atoms with Gasteiger partial charge < -0.3 is 0 Å². The Morgan fingerprint density at radius 2 is 2.36 bits per heavy atom. The molecule has 0 unspecified atom stereocenters. The molecule has 14 heavy (non-hydrogen) atoms. The van der Waals surface area contributed by atoms with Crippen LogP contribution in [0.15, 0.2) is 18.3 Å². The molecule has 0 amide bonds. The zero-order chi connectivity index (χ0) is 9.54. The second-order valence-corrected chi connectivity index (χ2v) is 4.17. The average Bonchev–Trinajstić information content (AvgIpc) is 2.59. The van der Waals surface area contributed by atoms with E-state index in [0.29, 0.717) is 4.64 Å². The van der Waals surface area contributed by atoms with E-state index in [1.54, 1.807) is 6.20 Å². The number of fused-ring (bicyclic) bond motifs is 3. The summed E-state index contributed by atoms with van der Waals surface area (Å²) in [4.78, 5) is 5.21. The Hall–Kier alpha value is -1.40. The number of nitrogens with zero attached hydrogens (tertiary/aromatic N) is 3. The molecule has 0 saturated heterocycles. The van der Waals surface area contributed by atoms with Crippen LogP contribution in [0.25, 0.3) is 20.4 Å². The molecule has 3 aromatic heterocycles. The van der Waals surface area contributed by atoms with Gasteiger partial charge in [-0.05, 0) is 12.1 Å². The van der Waals surface area contributed by atoms with E-state index in [1.165, 1.54) is 11.3 Å². The van der Waals surface area contributed by atoms with Crippen LogP contribution in [0.1, 0.15) is 0 Å². The van der Waals surface area contributed by atoms with E-state index < -0.39 is 0 Å². The van der Waals surface area contributed by atoms with Crippen LogP contribution in [0, 0.1) is 4.64 Å². The van der Waals surface area contributed by atoms with Crippen molar-refractivity contribution in [2.45, 2.75) is 0 Å². The van der Waals surface area contributed by atoms with Crippen molar-refractivity contribution in [3.8, 4) is 0 Å². The second-order valence-electron chi connectivity index (χ2n) is 2.78. The van der Waals surface area contributed by atoms with Gasteiger partial charge >= 0.3 is 0 Å². The summed E-state index contributed by atoms with van der Waals surface area (Å²) < 4.78 is 1.48. The molecule has 68 valence electrons. The van der Waals surface area contributed by atoms with Gasteiger partial charge in [-0.2, -0.15) is 0 Å². The number of pyridine rings is 1. The van der Waals surface area contributed by atoms with Crippen LogP contribution in [0.4, 0.5) is 0 Å². The Balaban J connectivity index is 2.70. The predicted molar refractivity (Wildman–Crippen MR) is 57.9 cm³/mol. The van der Waals surface area contributed by atoms with Gasteiger partial charge in [0.2, 0.25) is 0 Å². The van der Waals surface area contributed by atoms with E-state index in [4.69, 9.17) is 12.2 Å². The van der Waals surface area contributed by atoms with E-state index in [9.17, 15) is 0 Å². The third kappa shape index (κ3) is 0.978. The van der Waals surface area contributed by atoms with Gasteiger partial charge in [0.15, 0.2) is 4.64 Å². The summed E-state index contributed by atoms with van der Waals surface area (Å²) in [5.74, 6) is 0. The molecule has 0 atom stereocenters. The molecule has 4 nitrogen and oxygen atoms in total. The van der Waals surface area contributed by atoms with Crippen LogP contribution in [0.3, 0.4) is 0 Å². The monoisotopic (exact) mass is 220 g/mol. The average molecular weight is 220 g/mol. The summed E-state index contributed by atoms with van der Waals surface area (Å²) in [6.45, 7) is 0. The van der Waals surface area contributed by atoms with Crippen molar-refractivity contribution in [2.75, 3.05) is 0 Å². The molecule has 0 bridgehead atoms. The van der Waals surface area contributed by atoms with Crippen molar-refractivity contribution in [2.24, 2.45) is 0 Å². The van der Waals surface area contributed by atoms with Crippen LogP contribution in [-0.4, -0.2) is 20.4 Å². The highest BCUT2D eigenvalue weighted by Gasteiger charge is 2.06. The molecule has 0 aliphatic rings. The zero-order valence-corrected chi connectivity index (χ0v) is 8.52. The third-order valence-electron chi connectivity index (χ3n) is 1.96. The first-order chi connectivity index (χ1) is 6.86. The summed E-state index contributed by atoms with van der Waals surface area (Å²) in [7, 11) is 0.